The lowest BCUT2D eigenvalue weighted by Crippen LogP contribution is -2.48. The molecule has 2 unspecified atom stereocenters. The highest BCUT2D eigenvalue weighted by atomic mass is 19.1. The number of benzene rings is 1. The standard InChI is InChI=1S/C17H25FN2O2/c1-11(2)17(3,22)10-19-16(21)20-15(12-4-5-12)13-6-8-14(18)9-7-13/h6-9,11-12,15,22H,4-5,10H2,1-3H3,(H2,19,20,21). The predicted molar refractivity (Wildman–Crippen MR) is 83.9 cm³/mol. The summed E-state index contributed by atoms with van der Waals surface area (Å²) in [7, 11) is 0. The van der Waals surface area contributed by atoms with Gasteiger partial charge < -0.3 is 15.7 Å². The van der Waals surface area contributed by atoms with Crippen LogP contribution in [0.5, 0.6) is 0 Å². The van der Waals surface area contributed by atoms with E-state index >= 15 is 0 Å². The SMILES string of the molecule is CC(C)C(C)(O)CNC(=O)NC(c1ccc(F)cc1)C1CC1. The molecule has 1 aromatic rings. The molecule has 22 heavy (non-hydrogen) atoms. The second kappa shape index (κ2) is 6.65. The van der Waals surface area contributed by atoms with Crippen LogP contribution in [0.15, 0.2) is 24.3 Å². The second-order valence-corrected chi connectivity index (χ2v) is 6.71. The minimum atomic E-state index is -0.942. The number of halogens is 1. The molecule has 0 spiro atoms. The van der Waals surface area contributed by atoms with Crippen LogP contribution in [0.2, 0.25) is 0 Å². The summed E-state index contributed by atoms with van der Waals surface area (Å²) >= 11 is 0. The molecule has 0 aliphatic heterocycles. The summed E-state index contributed by atoms with van der Waals surface area (Å²) in [6.45, 7) is 5.71. The van der Waals surface area contributed by atoms with E-state index in [4.69, 9.17) is 0 Å². The summed E-state index contributed by atoms with van der Waals surface area (Å²) < 4.78 is 13.0. The summed E-state index contributed by atoms with van der Waals surface area (Å²) in [5, 5.41) is 15.8. The van der Waals surface area contributed by atoms with Crippen LogP contribution in [0.25, 0.3) is 0 Å². The predicted octanol–water partition coefficient (Wildman–Crippen LogP) is 2.98. The van der Waals surface area contributed by atoms with E-state index in [1.807, 2.05) is 13.8 Å². The van der Waals surface area contributed by atoms with Gasteiger partial charge in [0.05, 0.1) is 11.6 Å². The molecule has 5 heteroatoms. The van der Waals surface area contributed by atoms with Gasteiger partial charge in [-0.1, -0.05) is 26.0 Å². The molecule has 1 saturated carbocycles. The fourth-order valence-electron chi connectivity index (χ4n) is 2.23. The van der Waals surface area contributed by atoms with Crippen molar-refractivity contribution in [1.29, 1.82) is 0 Å². The van der Waals surface area contributed by atoms with Crippen molar-refractivity contribution in [2.45, 2.75) is 45.3 Å². The number of amides is 2. The average Bonchev–Trinajstić information content (AvgIpc) is 3.28. The zero-order valence-electron chi connectivity index (χ0n) is 13.4. The Bertz CT molecular complexity index is 510. The Morgan fingerprint density at radius 3 is 2.45 bits per heavy atom. The number of carbonyl (C=O) groups excluding carboxylic acids is 1. The normalized spacial score (nSPS) is 18.6. The fraction of sp³-hybridized carbons (Fsp3) is 0.588. The lowest BCUT2D eigenvalue weighted by Gasteiger charge is -2.28. The Labute approximate surface area is 131 Å². The third kappa shape index (κ3) is 4.44. The van der Waals surface area contributed by atoms with E-state index in [9.17, 15) is 14.3 Å². The largest absolute Gasteiger partial charge is 0.388 e. The van der Waals surface area contributed by atoms with Crippen LogP contribution in [0.1, 0.15) is 45.2 Å². The minimum absolute atomic E-state index is 0.0455. The van der Waals surface area contributed by atoms with Crippen LogP contribution in [-0.4, -0.2) is 23.3 Å². The van der Waals surface area contributed by atoms with Gasteiger partial charge in [-0.3, -0.25) is 0 Å². The fourth-order valence-corrected chi connectivity index (χ4v) is 2.23. The van der Waals surface area contributed by atoms with Gasteiger partial charge in [-0.05, 0) is 49.3 Å². The van der Waals surface area contributed by atoms with Gasteiger partial charge in [-0.25, -0.2) is 9.18 Å². The van der Waals surface area contributed by atoms with E-state index in [1.54, 1.807) is 19.1 Å². The Morgan fingerprint density at radius 2 is 1.95 bits per heavy atom. The molecule has 0 bridgehead atoms. The molecule has 3 N–H and O–H groups in total. The zero-order chi connectivity index (χ0) is 16.3. The maximum absolute atomic E-state index is 13.0. The van der Waals surface area contributed by atoms with Gasteiger partial charge in [0.15, 0.2) is 0 Å². The molecular weight excluding hydrogens is 283 g/mol. The number of aliphatic hydroxyl groups is 1. The van der Waals surface area contributed by atoms with Gasteiger partial charge >= 0.3 is 6.03 Å². The van der Waals surface area contributed by atoms with Crippen molar-refractivity contribution in [3.63, 3.8) is 0 Å². The number of hydrogen-bond acceptors (Lipinski definition) is 2. The van der Waals surface area contributed by atoms with Crippen molar-refractivity contribution in [1.82, 2.24) is 10.6 Å². The first-order valence-corrected chi connectivity index (χ1v) is 7.82. The first-order chi connectivity index (χ1) is 10.3. The van der Waals surface area contributed by atoms with Gasteiger partial charge in [0.2, 0.25) is 0 Å². The monoisotopic (exact) mass is 308 g/mol. The number of rotatable bonds is 6. The smallest absolute Gasteiger partial charge is 0.315 e. The Balaban J connectivity index is 1.94. The quantitative estimate of drug-likeness (QED) is 0.756. The first-order valence-electron chi connectivity index (χ1n) is 7.82. The van der Waals surface area contributed by atoms with Gasteiger partial charge in [-0.15, -0.1) is 0 Å². The first kappa shape index (κ1) is 16.7. The molecule has 2 atom stereocenters. The van der Waals surface area contributed by atoms with E-state index in [-0.39, 0.29) is 30.4 Å². The summed E-state index contributed by atoms with van der Waals surface area (Å²) in [5.41, 5.74) is -0.0304. The lowest BCUT2D eigenvalue weighted by atomic mass is 9.93. The van der Waals surface area contributed by atoms with E-state index in [0.717, 1.165) is 18.4 Å². The Hall–Kier alpha value is -1.62. The Morgan fingerprint density at radius 1 is 1.36 bits per heavy atom. The van der Waals surface area contributed by atoms with Gasteiger partial charge in [-0.2, -0.15) is 0 Å². The van der Waals surface area contributed by atoms with Gasteiger partial charge in [0, 0.05) is 6.54 Å². The molecule has 122 valence electrons. The molecule has 2 rings (SSSR count). The molecule has 2 amide bonds. The van der Waals surface area contributed by atoms with E-state index in [0.29, 0.717) is 5.92 Å². The van der Waals surface area contributed by atoms with Crippen molar-refractivity contribution in [3.8, 4) is 0 Å². The Kier molecular flexibility index (Phi) is 5.06. The summed E-state index contributed by atoms with van der Waals surface area (Å²) in [5.74, 6) is 0.168. The van der Waals surface area contributed by atoms with Crippen molar-refractivity contribution in [3.05, 3.63) is 35.6 Å². The number of hydrogen-bond donors (Lipinski definition) is 3. The van der Waals surface area contributed by atoms with Crippen molar-refractivity contribution >= 4 is 6.03 Å². The van der Waals surface area contributed by atoms with E-state index < -0.39 is 5.60 Å². The van der Waals surface area contributed by atoms with Crippen molar-refractivity contribution in [2.24, 2.45) is 11.8 Å². The number of urea groups is 1. The van der Waals surface area contributed by atoms with E-state index in [2.05, 4.69) is 10.6 Å². The number of nitrogens with one attached hydrogen (secondary N) is 2. The van der Waals surface area contributed by atoms with E-state index in [1.165, 1.54) is 12.1 Å². The second-order valence-electron chi connectivity index (χ2n) is 6.71. The highest BCUT2D eigenvalue weighted by Gasteiger charge is 2.34. The zero-order valence-corrected chi connectivity index (χ0v) is 13.4. The molecule has 0 heterocycles. The molecule has 1 aliphatic rings. The minimum Gasteiger partial charge on any atom is -0.388 e. The molecule has 1 fully saturated rings. The third-order valence-electron chi connectivity index (χ3n) is 4.46. The third-order valence-corrected chi connectivity index (χ3v) is 4.46. The summed E-state index contributed by atoms with van der Waals surface area (Å²) in [4.78, 5) is 12.1. The summed E-state index contributed by atoms with van der Waals surface area (Å²) in [6, 6.07) is 5.83. The average molecular weight is 308 g/mol. The van der Waals surface area contributed by atoms with Crippen molar-refractivity contribution < 1.29 is 14.3 Å². The lowest BCUT2D eigenvalue weighted by molar-refractivity contribution is 0.0165. The molecule has 0 radical (unpaired) electrons. The molecule has 1 aromatic carbocycles. The maximum Gasteiger partial charge on any atom is 0.315 e. The molecule has 4 nitrogen and oxygen atoms in total. The van der Waals surface area contributed by atoms with Crippen LogP contribution in [-0.2, 0) is 0 Å². The van der Waals surface area contributed by atoms with Gasteiger partial charge in [0.25, 0.3) is 0 Å². The van der Waals surface area contributed by atoms with Crippen LogP contribution in [0.3, 0.4) is 0 Å². The number of carbonyl (C=O) groups is 1. The molecule has 0 aromatic heterocycles. The molecule has 1 aliphatic carbocycles. The van der Waals surface area contributed by atoms with Gasteiger partial charge in [0.1, 0.15) is 5.82 Å². The highest BCUT2D eigenvalue weighted by molar-refractivity contribution is 5.74. The van der Waals surface area contributed by atoms with Crippen molar-refractivity contribution in [2.75, 3.05) is 6.54 Å². The van der Waals surface area contributed by atoms with Crippen LogP contribution < -0.4 is 10.6 Å². The van der Waals surface area contributed by atoms with Crippen LogP contribution >= 0.6 is 0 Å². The topological polar surface area (TPSA) is 61.4 Å². The van der Waals surface area contributed by atoms with Crippen LogP contribution in [0.4, 0.5) is 9.18 Å². The molecular formula is C17H25FN2O2. The highest BCUT2D eigenvalue weighted by Crippen LogP contribution is 2.40. The van der Waals surface area contributed by atoms with Crippen LogP contribution in [0, 0.1) is 17.7 Å². The molecule has 0 saturated heterocycles. The summed E-state index contributed by atoms with van der Waals surface area (Å²) in [6.07, 6.45) is 2.12. The maximum atomic E-state index is 13.0.